The van der Waals surface area contributed by atoms with E-state index in [1.165, 1.54) is 6.39 Å². The van der Waals surface area contributed by atoms with Crippen molar-refractivity contribution in [2.45, 2.75) is 25.9 Å². The highest BCUT2D eigenvalue weighted by atomic mass is 16.5. The predicted molar refractivity (Wildman–Crippen MR) is 67.3 cm³/mol. The lowest BCUT2D eigenvalue weighted by molar-refractivity contribution is -0.138. The van der Waals surface area contributed by atoms with Crippen molar-refractivity contribution >= 4 is 5.97 Å². The maximum atomic E-state index is 10.9. The Morgan fingerprint density at radius 3 is 2.68 bits per heavy atom. The third kappa shape index (κ3) is 3.62. The molecule has 1 heterocycles. The highest BCUT2D eigenvalue weighted by Crippen LogP contribution is 2.15. The normalized spacial score (nSPS) is 12.3. The maximum Gasteiger partial charge on any atom is 0.310 e. The Morgan fingerprint density at radius 1 is 1.37 bits per heavy atom. The van der Waals surface area contributed by atoms with E-state index in [4.69, 9.17) is 5.11 Å². The molecule has 1 aromatic carbocycles. The van der Waals surface area contributed by atoms with Crippen LogP contribution in [0.3, 0.4) is 0 Å². The zero-order chi connectivity index (χ0) is 13.7. The van der Waals surface area contributed by atoms with Crippen LogP contribution in [-0.2, 0) is 17.9 Å². The summed E-state index contributed by atoms with van der Waals surface area (Å²) in [4.78, 5) is 14.8. The zero-order valence-corrected chi connectivity index (χ0v) is 10.5. The molecule has 1 unspecified atom stereocenters. The molecule has 6 heteroatoms. The van der Waals surface area contributed by atoms with E-state index in [2.05, 4.69) is 20.0 Å². The van der Waals surface area contributed by atoms with Crippen molar-refractivity contribution in [3.63, 3.8) is 0 Å². The van der Waals surface area contributed by atoms with Crippen LogP contribution in [0.25, 0.3) is 0 Å². The molecule has 6 nitrogen and oxygen atoms in total. The van der Waals surface area contributed by atoms with Crippen LogP contribution in [0.4, 0.5) is 0 Å². The summed E-state index contributed by atoms with van der Waals surface area (Å²) in [6, 6.07) is 7.50. The van der Waals surface area contributed by atoms with Gasteiger partial charge >= 0.3 is 5.97 Å². The zero-order valence-electron chi connectivity index (χ0n) is 10.5. The van der Waals surface area contributed by atoms with E-state index in [-0.39, 0.29) is 0 Å². The number of nitrogens with zero attached hydrogens (tertiary/aromatic N) is 2. The average molecular weight is 261 g/mol. The van der Waals surface area contributed by atoms with Crippen molar-refractivity contribution in [3.8, 4) is 0 Å². The molecule has 2 N–H and O–H groups in total. The van der Waals surface area contributed by atoms with Gasteiger partial charge < -0.3 is 14.9 Å². The van der Waals surface area contributed by atoms with Gasteiger partial charge in [0.15, 0.2) is 5.82 Å². The molecule has 0 spiro atoms. The van der Waals surface area contributed by atoms with Gasteiger partial charge in [-0.25, -0.2) is 0 Å². The molecule has 2 rings (SSSR count). The molecule has 1 aromatic heterocycles. The molecule has 0 amide bonds. The Hall–Kier alpha value is -2.21. The topological polar surface area (TPSA) is 88.2 Å². The van der Waals surface area contributed by atoms with Crippen molar-refractivity contribution in [3.05, 3.63) is 47.6 Å². The smallest absolute Gasteiger partial charge is 0.310 e. The number of hydrogen-bond donors (Lipinski definition) is 2. The highest BCUT2D eigenvalue weighted by Gasteiger charge is 2.12. The molecule has 0 radical (unpaired) electrons. The average Bonchev–Trinajstić information content (AvgIpc) is 2.92. The van der Waals surface area contributed by atoms with Crippen molar-refractivity contribution in [2.24, 2.45) is 0 Å². The molecule has 0 aliphatic carbocycles. The summed E-state index contributed by atoms with van der Waals surface area (Å²) in [5, 5.41) is 15.8. The van der Waals surface area contributed by atoms with E-state index in [1.807, 2.05) is 24.3 Å². The molecule has 2 aromatic rings. The summed E-state index contributed by atoms with van der Waals surface area (Å²) in [6.45, 7) is 2.87. The number of aliphatic carboxylic acids is 1. The number of hydrogen-bond acceptors (Lipinski definition) is 5. The summed E-state index contributed by atoms with van der Waals surface area (Å²) in [6.07, 6.45) is 1.29. The van der Waals surface area contributed by atoms with E-state index in [1.54, 1.807) is 6.92 Å². The van der Waals surface area contributed by atoms with Crippen molar-refractivity contribution in [1.29, 1.82) is 0 Å². The van der Waals surface area contributed by atoms with Gasteiger partial charge in [-0.15, -0.1) is 0 Å². The fourth-order valence-corrected chi connectivity index (χ4v) is 1.66. The summed E-state index contributed by atoms with van der Waals surface area (Å²) >= 11 is 0. The second kappa shape index (κ2) is 6.10. The molecule has 0 saturated heterocycles. The first-order valence-electron chi connectivity index (χ1n) is 5.94. The number of nitrogens with one attached hydrogen (secondary N) is 1. The number of benzene rings is 1. The van der Waals surface area contributed by atoms with E-state index < -0.39 is 11.9 Å². The van der Waals surface area contributed by atoms with Gasteiger partial charge in [-0.2, -0.15) is 4.98 Å². The van der Waals surface area contributed by atoms with Gasteiger partial charge in [0.1, 0.15) is 0 Å². The first-order chi connectivity index (χ1) is 9.16. The van der Waals surface area contributed by atoms with Crippen LogP contribution < -0.4 is 5.32 Å². The highest BCUT2D eigenvalue weighted by molar-refractivity contribution is 5.75. The number of carboxylic acid groups (broad SMARTS) is 1. The minimum Gasteiger partial charge on any atom is -0.481 e. The second-order valence-corrected chi connectivity index (χ2v) is 4.25. The Balaban J connectivity index is 1.86. The SMILES string of the molecule is CC(C(=O)O)c1ccc(CNCc2ncon2)cc1. The minimum atomic E-state index is -0.817. The maximum absolute atomic E-state index is 10.9. The van der Waals surface area contributed by atoms with Gasteiger partial charge in [0.05, 0.1) is 12.5 Å². The van der Waals surface area contributed by atoms with Crippen molar-refractivity contribution < 1.29 is 14.4 Å². The molecule has 0 saturated carbocycles. The molecular formula is C13H15N3O3. The van der Waals surface area contributed by atoms with E-state index in [9.17, 15) is 4.79 Å². The molecule has 100 valence electrons. The molecule has 0 aliphatic rings. The van der Waals surface area contributed by atoms with Crippen LogP contribution in [0.15, 0.2) is 35.2 Å². The minimum absolute atomic E-state index is 0.485. The first kappa shape index (κ1) is 13.2. The van der Waals surface area contributed by atoms with E-state index in [0.717, 1.165) is 11.1 Å². The first-order valence-corrected chi connectivity index (χ1v) is 5.94. The lowest BCUT2D eigenvalue weighted by atomic mass is 10.0. The van der Waals surface area contributed by atoms with Crippen molar-refractivity contribution in [2.75, 3.05) is 0 Å². The number of aromatic nitrogens is 2. The molecular weight excluding hydrogens is 246 g/mol. The molecule has 19 heavy (non-hydrogen) atoms. The molecule has 0 bridgehead atoms. The van der Waals surface area contributed by atoms with Gasteiger partial charge in [0.25, 0.3) is 0 Å². The molecule has 0 aliphatic heterocycles. The Morgan fingerprint density at radius 2 is 2.11 bits per heavy atom. The van der Waals surface area contributed by atoms with Crippen LogP contribution in [0.2, 0.25) is 0 Å². The van der Waals surface area contributed by atoms with Crippen LogP contribution >= 0.6 is 0 Å². The van der Waals surface area contributed by atoms with Gasteiger partial charge in [-0.05, 0) is 18.1 Å². The van der Waals surface area contributed by atoms with E-state index in [0.29, 0.717) is 18.9 Å². The standard InChI is InChI=1S/C13H15N3O3/c1-9(13(17)18)11-4-2-10(3-5-11)6-14-7-12-15-8-19-16-12/h2-5,8-9,14H,6-7H2,1H3,(H,17,18). The monoisotopic (exact) mass is 261 g/mol. The quantitative estimate of drug-likeness (QED) is 0.820. The number of carboxylic acids is 1. The molecule has 0 fully saturated rings. The fraction of sp³-hybridized carbons (Fsp3) is 0.308. The summed E-state index contributed by atoms with van der Waals surface area (Å²) in [5.74, 6) is -0.694. The van der Waals surface area contributed by atoms with Gasteiger partial charge in [0.2, 0.25) is 6.39 Å². The van der Waals surface area contributed by atoms with Gasteiger partial charge in [-0.1, -0.05) is 29.4 Å². The van der Waals surface area contributed by atoms with Crippen LogP contribution in [0.5, 0.6) is 0 Å². The van der Waals surface area contributed by atoms with Crippen molar-refractivity contribution in [1.82, 2.24) is 15.5 Å². The van der Waals surface area contributed by atoms with Crippen LogP contribution in [0, 0.1) is 0 Å². The third-order valence-corrected chi connectivity index (χ3v) is 2.87. The lowest BCUT2D eigenvalue weighted by Gasteiger charge is -2.08. The predicted octanol–water partition coefficient (Wildman–Crippen LogP) is 1.55. The lowest BCUT2D eigenvalue weighted by Crippen LogP contribution is -2.14. The Bertz CT molecular complexity index is 523. The largest absolute Gasteiger partial charge is 0.481 e. The number of rotatable bonds is 6. The summed E-state index contributed by atoms with van der Waals surface area (Å²) in [5.41, 5.74) is 1.87. The van der Waals surface area contributed by atoms with Crippen LogP contribution in [0.1, 0.15) is 29.8 Å². The Kier molecular flexibility index (Phi) is 4.25. The Labute approximate surface area is 110 Å². The van der Waals surface area contributed by atoms with Gasteiger partial charge in [0, 0.05) is 6.54 Å². The molecule has 1 atom stereocenters. The third-order valence-electron chi connectivity index (χ3n) is 2.87. The fourth-order valence-electron chi connectivity index (χ4n) is 1.66. The van der Waals surface area contributed by atoms with Crippen LogP contribution in [-0.4, -0.2) is 21.2 Å². The van der Waals surface area contributed by atoms with E-state index >= 15 is 0 Å². The van der Waals surface area contributed by atoms with Gasteiger partial charge in [-0.3, -0.25) is 4.79 Å². The summed E-state index contributed by atoms with van der Waals surface area (Å²) < 4.78 is 4.63. The second-order valence-electron chi connectivity index (χ2n) is 4.25. The summed E-state index contributed by atoms with van der Waals surface area (Å²) in [7, 11) is 0. The number of carbonyl (C=O) groups is 1.